The molecule has 0 atom stereocenters. The van der Waals surface area contributed by atoms with Crippen LogP contribution in [0.15, 0.2) is 24.3 Å². The van der Waals surface area contributed by atoms with Crippen LogP contribution in [0, 0.1) is 5.82 Å². The summed E-state index contributed by atoms with van der Waals surface area (Å²) >= 11 is 1.05. The fourth-order valence-electron chi connectivity index (χ4n) is 1.84. The molecule has 25 heavy (non-hydrogen) atoms. The monoisotopic (exact) mass is 366 g/mol. The van der Waals surface area contributed by atoms with Crippen molar-refractivity contribution >= 4 is 28.8 Å². The topological polar surface area (TPSA) is 93.2 Å². The number of ether oxygens (including phenoxy) is 1. The van der Waals surface area contributed by atoms with Crippen molar-refractivity contribution in [2.45, 2.75) is 26.4 Å². The Labute approximate surface area is 148 Å². The summed E-state index contributed by atoms with van der Waals surface area (Å²) in [5.74, 6) is -1.12. The maximum atomic E-state index is 13.1. The van der Waals surface area contributed by atoms with E-state index in [0.717, 1.165) is 24.2 Å². The van der Waals surface area contributed by atoms with Crippen molar-refractivity contribution in [1.29, 1.82) is 0 Å². The van der Waals surface area contributed by atoms with Crippen molar-refractivity contribution in [2.75, 3.05) is 18.5 Å². The van der Waals surface area contributed by atoms with Gasteiger partial charge in [0.15, 0.2) is 0 Å². The molecule has 0 aliphatic carbocycles. The van der Waals surface area contributed by atoms with Gasteiger partial charge in [-0.3, -0.25) is 9.59 Å². The fourth-order valence-corrected chi connectivity index (χ4v) is 2.51. The van der Waals surface area contributed by atoms with Crippen LogP contribution in [0.4, 0.5) is 10.1 Å². The minimum atomic E-state index is -0.480. The number of nitrogens with zero attached hydrogens (tertiary/aromatic N) is 2. The van der Waals surface area contributed by atoms with Gasteiger partial charge < -0.3 is 15.4 Å². The number of nitrogens with one attached hydrogen (secondary N) is 2. The highest BCUT2D eigenvalue weighted by atomic mass is 32.1. The second kappa shape index (κ2) is 9.80. The first-order valence-electron chi connectivity index (χ1n) is 7.82. The summed E-state index contributed by atoms with van der Waals surface area (Å²) in [6.07, 6.45) is 1.93. The third kappa shape index (κ3) is 6.55. The first kappa shape index (κ1) is 18.9. The molecule has 2 N–H and O–H groups in total. The number of rotatable bonds is 9. The van der Waals surface area contributed by atoms with Gasteiger partial charge in [0, 0.05) is 12.2 Å². The molecule has 0 aliphatic heterocycles. The summed E-state index contributed by atoms with van der Waals surface area (Å²) in [5.41, 5.74) is 0.335. The van der Waals surface area contributed by atoms with E-state index in [1.54, 1.807) is 6.07 Å². The number of amides is 2. The van der Waals surface area contributed by atoms with Crippen LogP contribution in [0.1, 0.15) is 34.6 Å². The lowest BCUT2D eigenvalue weighted by molar-refractivity contribution is -0.126. The minimum absolute atomic E-state index is 0.0753. The number of carbonyl (C=O) groups excluding carboxylic acids is 2. The Bertz CT molecular complexity index is 723. The molecule has 0 fully saturated rings. The Morgan fingerprint density at radius 3 is 2.92 bits per heavy atom. The molecule has 1 aromatic heterocycles. The van der Waals surface area contributed by atoms with Gasteiger partial charge in [0.25, 0.3) is 5.91 Å². The molecule has 0 bridgehead atoms. The molecular weight excluding hydrogens is 347 g/mol. The Morgan fingerprint density at radius 1 is 1.32 bits per heavy atom. The molecule has 9 heteroatoms. The minimum Gasteiger partial charge on any atom is -0.364 e. The molecule has 0 unspecified atom stereocenters. The molecule has 134 valence electrons. The smallest absolute Gasteiger partial charge is 0.286 e. The molecule has 0 radical (unpaired) electrons. The molecule has 0 spiro atoms. The van der Waals surface area contributed by atoms with E-state index in [1.165, 1.54) is 18.2 Å². The quantitative estimate of drug-likeness (QED) is 0.665. The highest BCUT2D eigenvalue weighted by Gasteiger charge is 2.14. The molecule has 0 saturated carbocycles. The average molecular weight is 366 g/mol. The SMILES string of the molecule is CCCCNC(=O)COCc1nnc(C(=O)Nc2cccc(F)c2)s1. The molecule has 7 nitrogen and oxygen atoms in total. The Kier molecular flexibility index (Phi) is 7.42. The number of carbonyl (C=O) groups is 2. The summed E-state index contributed by atoms with van der Waals surface area (Å²) < 4.78 is 18.4. The first-order chi connectivity index (χ1) is 12.1. The van der Waals surface area contributed by atoms with Gasteiger partial charge in [0.05, 0.1) is 0 Å². The molecule has 1 heterocycles. The van der Waals surface area contributed by atoms with Crippen LogP contribution in [0.3, 0.4) is 0 Å². The van der Waals surface area contributed by atoms with Crippen LogP contribution >= 0.6 is 11.3 Å². The second-order valence-electron chi connectivity index (χ2n) is 5.16. The van der Waals surface area contributed by atoms with E-state index < -0.39 is 11.7 Å². The van der Waals surface area contributed by atoms with E-state index >= 15 is 0 Å². The summed E-state index contributed by atoms with van der Waals surface area (Å²) in [6, 6.07) is 5.56. The van der Waals surface area contributed by atoms with Gasteiger partial charge in [0.2, 0.25) is 10.9 Å². The van der Waals surface area contributed by atoms with Crippen molar-refractivity contribution < 1.29 is 18.7 Å². The number of benzene rings is 1. The summed E-state index contributed by atoms with van der Waals surface area (Å²) in [6.45, 7) is 2.68. The number of halogens is 1. The van der Waals surface area contributed by atoms with Gasteiger partial charge in [-0.1, -0.05) is 30.7 Å². The second-order valence-corrected chi connectivity index (χ2v) is 6.22. The van der Waals surface area contributed by atoms with E-state index in [4.69, 9.17) is 4.74 Å². The lowest BCUT2D eigenvalue weighted by Crippen LogP contribution is -2.28. The van der Waals surface area contributed by atoms with Gasteiger partial charge >= 0.3 is 0 Å². The molecule has 0 aliphatic rings. The van der Waals surface area contributed by atoms with Crippen LogP contribution in [0.25, 0.3) is 0 Å². The van der Waals surface area contributed by atoms with Crippen LogP contribution in [-0.2, 0) is 16.1 Å². The predicted molar refractivity (Wildman–Crippen MR) is 91.8 cm³/mol. The molecule has 1 aromatic carbocycles. The van der Waals surface area contributed by atoms with Crippen LogP contribution < -0.4 is 10.6 Å². The lowest BCUT2D eigenvalue weighted by Gasteiger charge is -2.04. The van der Waals surface area contributed by atoms with Gasteiger partial charge in [-0.2, -0.15) is 0 Å². The van der Waals surface area contributed by atoms with Crippen molar-refractivity contribution in [3.8, 4) is 0 Å². The van der Waals surface area contributed by atoms with E-state index in [1.807, 2.05) is 6.92 Å². The number of unbranched alkanes of at least 4 members (excludes halogenated alkanes) is 1. The van der Waals surface area contributed by atoms with E-state index in [2.05, 4.69) is 20.8 Å². The molecule has 2 rings (SSSR count). The zero-order valence-corrected chi connectivity index (χ0v) is 14.6. The van der Waals surface area contributed by atoms with Gasteiger partial charge in [0.1, 0.15) is 24.0 Å². The average Bonchev–Trinajstić information content (AvgIpc) is 3.04. The van der Waals surface area contributed by atoms with Crippen molar-refractivity contribution in [2.24, 2.45) is 0 Å². The largest absolute Gasteiger partial charge is 0.364 e. The third-order valence-corrected chi connectivity index (χ3v) is 3.95. The standard InChI is InChI=1S/C16H19FN4O3S/c1-2-3-7-18-13(22)9-24-10-14-20-21-16(25-14)15(23)19-12-6-4-5-11(17)8-12/h4-6,8H,2-3,7,9-10H2,1H3,(H,18,22)(H,19,23). The Balaban J connectivity index is 1.77. The molecular formula is C16H19FN4O3S. The van der Waals surface area contributed by atoms with Crippen molar-refractivity contribution in [1.82, 2.24) is 15.5 Å². The number of hydrogen-bond acceptors (Lipinski definition) is 6. The fraction of sp³-hybridized carbons (Fsp3) is 0.375. The zero-order chi connectivity index (χ0) is 18.1. The molecule has 2 aromatic rings. The maximum absolute atomic E-state index is 13.1. The lowest BCUT2D eigenvalue weighted by atomic mass is 10.3. The predicted octanol–water partition coefficient (Wildman–Crippen LogP) is 2.36. The van der Waals surface area contributed by atoms with E-state index in [0.29, 0.717) is 17.2 Å². The molecule has 0 saturated heterocycles. The maximum Gasteiger partial charge on any atom is 0.286 e. The highest BCUT2D eigenvalue weighted by Crippen LogP contribution is 2.14. The summed E-state index contributed by atoms with van der Waals surface area (Å²) in [7, 11) is 0. The normalized spacial score (nSPS) is 10.5. The third-order valence-electron chi connectivity index (χ3n) is 3.05. The van der Waals surface area contributed by atoms with E-state index in [-0.39, 0.29) is 24.1 Å². The van der Waals surface area contributed by atoms with Gasteiger partial charge in [-0.15, -0.1) is 10.2 Å². The van der Waals surface area contributed by atoms with Crippen LogP contribution in [-0.4, -0.2) is 35.2 Å². The Morgan fingerprint density at radius 2 is 2.16 bits per heavy atom. The van der Waals surface area contributed by atoms with E-state index in [9.17, 15) is 14.0 Å². The van der Waals surface area contributed by atoms with Crippen LogP contribution in [0.2, 0.25) is 0 Å². The summed E-state index contributed by atoms with van der Waals surface area (Å²) in [4.78, 5) is 23.5. The number of hydrogen-bond donors (Lipinski definition) is 2. The van der Waals surface area contributed by atoms with Crippen molar-refractivity contribution in [3.63, 3.8) is 0 Å². The van der Waals surface area contributed by atoms with Gasteiger partial charge in [-0.25, -0.2) is 4.39 Å². The Hall–Kier alpha value is -2.39. The number of aromatic nitrogens is 2. The highest BCUT2D eigenvalue weighted by molar-refractivity contribution is 7.13. The molecule has 2 amide bonds. The number of anilines is 1. The van der Waals surface area contributed by atoms with Crippen molar-refractivity contribution in [3.05, 3.63) is 40.1 Å². The van der Waals surface area contributed by atoms with Gasteiger partial charge in [-0.05, 0) is 24.6 Å². The summed E-state index contributed by atoms with van der Waals surface area (Å²) in [5, 5.41) is 13.5. The van der Waals surface area contributed by atoms with Crippen LogP contribution in [0.5, 0.6) is 0 Å². The first-order valence-corrected chi connectivity index (χ1v) is 8.64. The zero-order valence-electron chi connectivity index (χ0n) is 13.8.